The van der Waals surface area contributed by atoms with Crippen molar-refractivity contribution in [1.29, 1.82) is 0 Å². The van der Waals surface area contributed by atoms with Gasteiger partial charge in [-0.3, -0.25) is 10.1 Å². The summed E-state index contributed by atoms with van der Waals surface area (Å²) in [5.41, 5.74) is -0.193. The summed E-state index contributed by atoms with van der Waals surface area (Å²) in [4.78, 5) is 9.50. The Balaban J connectivity index is 3.26. The molecular weight excluding hydrogens is 168 g/mol. The van der Waals surface area contributed by atoms with Crippen LogP contribution in [0.3, 0.4) is 0 Å². The van der Waals surface area contributed by atoms with Crippen molar-refractivity contribution in [2.75, 3.05) is 0 Å². The SMILES string of the molecule is O=[N+]([O-])c1ccc(=S)n(O)c1. The van der Waals surface area contributed by atoms with Crippen molar-refractivity contribution in [3.8, 4) is 0 Å². The van der Waals surface area contributed by atoms with Gasteiger partial charge in [0.05, 0.1) is 4.92 Å². The number of pyridine rings is 1. The Morgan fingerprint density at radius 3 is 2.73 bits per heavy atom. The second-order valence-corrected chi connectivity index (χ2v) is 2.25. The summed E-state index contributed by atoms with van der Waals surface area (Å²) in [5.74, 6) is 0. The van der Waals surface area contributed by atoms with Gasteiger partial charge in [0.25, 0.3) is 5.69 Å². The molecule has 58 valence electrons. The van der Waals surface area contributed by atoms with E-state index in [2.05, 4.69) is 12.2 Å². The standard InChI is InChI=1S/C5H4N2O3S/c8-6-3-4(7(9)10)1-2-5(6)11/h1-3,8H. The van der Waals surface area contributed by atoms with E-state index in [4.69, 9.17) is 5.21 Å². The van der Waals surface area contributed by atoms with E-state index in [1.807, 2.05) is 0 Å². The number of nitrogens with zero attached hydrogens (tertiary/aromatic N) is 2. The van der Waals surface area contributed by atoms with Crippen LogP contribution in [0.15, 0.2) is 18.3 Å². The van der Waals surface area contributed by atoms with Crippen molar-refractivity contribution in [2.45, 2.75) is 0 Å². The highest BCUT2D eigenvalue weighted by molar-refractivity contribution is 7.71. The maximum absolute atomic E-state index is 10.1. The van der Waals surface area contributed by atoms with Gasteiger partial charge in [0.15, 0.2) is 0 Å². The molecule has 0 aromatic carbocycles. The van der Waals surface area contributed by atoms with E-state index in [-0.39, 0.29) is 10.3 Å². The lowest BCUT2D eigenvalue weighted by atomic mass is 10.4. The van der Waals surface area contributed by atoms with Gasteiger partial charge in [-0.1, -0.05) is 12.2 Å². The van der Waals surface area contributed by atoms with Crippen molar-refractivity contribution >= 4 is 17.9 Å². The minimum atomic E-state index is -0.610. The van der Waals surface area contributed by atoms with Crippen LogP contribution >= 0.6 is 12.2 Å². The molecule has 0 fully saturated rings. The highest BCUT2D eigenvalue weighted by atomic mass is 32.1. The van der Waals surface area contributed by atoms with E-state index in [9.17, 15) is 10.1 Å². The molecule has 0 radical (unpaired) electrons. The zero-order valence-electron chi connectivity index (χ0n) is 5.30. The Morgan fingerprint density at radius 2 is 2.27 bits per heavy atom. The first-order valence-electron chi connectivity index (χ1n) is 2.67. The van der Waals surface area contributed by atoms with Gasteiger partial charge >= 0.3 is 0 Å². The summed E-state index contributed by atoms with van der Waals surface area (Å²) in [5, 5.41) is 19.0. The second kappa shape index (κ2) is 2.67. The number of aromatic nitrogens is 1. The van der Waals surface area contributed by atoms with Gasteiger partial charge in [0, 0.05) is 6.07 Å². The van der Waals surface area contributed by atoms with Crippen LogP contribution in [0.1, 0.15) is 0 Å². The summed E-state index contributed by atoms with van der Waals surface area (Å²) in [6.07, 6.45) is 0.947. The maximum Gasteiger partial charge on any atom is 0.289 e. The van der Waals surface area contributed by atoms with Gasteiger partial charge < -0.3 is 5.21 Å². The van der Waals surface area contributed by atoms with Crippen molar-refractivity contribution in [3.05, 3.63) is 33.1 Å². The van der Waals surface area contributed by atoms with E-state index < -0.39 is 4.92 Å². The molecule has 0 unspecified atom stereocenters. The van der Waals surface area contributed by atoms with Gasteiger partial charge in [-0.15, -0.1) is 0 Å². The normalized spacial score (nSPS) is 9.45. The fraction of sp³-hybridized carbons (Fsp3) is 0. The van der Waals surface area contributed by atoms with Crippen molar-refractivity contribution < 1.29 is 10.1 Å². The maximum atomic E-state index is 10.1. The number of hydrogen-bond acceptors (Lipinski definition) is 4. The summed E-state index contributed by atoms with van der Waals surface area (Å²) in [6.45, 7) is 0. The number of hydrogen-bond donors (Lipinski definition) is 1. The molecule has 5 nitrogen and oxygen atoms in total. The van der Waals surface area contributed by atoms with E-state index >= 15 is 0 Å². The molecule has 1 rings (SSSR count). The Hall–Kier alpha value is -1.43. The molecule has 0 spiro atoms. The van der Waals surface area contributed by atoms with Crippen LogP contribution in [0.5, 0.6) is 0 Å². The molecule has 0 atom stereocenters. The van der Waals surface area contributed by atoms with Crippen LogP contribution in [-0.2, 0) is 0 Å². The molecule has 1 aromatic rings. The average Bonchev–Trinajstić information content (AvgIpc) is 1.94. The Labute approximate surface area is 66.6 Å². The van der Waals surface area contributed by atoms with Crippen molar-refractivity contribution in [3.63, 3.8) is 0 Å². The van der Waals surface area contributed by atoms with Crippen LogP contribution in [0, 0.1) is 14.8 Å². The molecule has 1 N–H and O–H groups in total. The quantitative estimate of drug-likeness (QED) is 0.300. The first-order valence-corrected chi connectivity index (χ1v) is 3.08. The van der Waals surface area contributed by atoms with Gasteiger partial charge in [0.2, 0.25) is 0 Å². The molecular formula is C5H4N2O3S. The molecule has 6 heteroatoms. The Bertz CT molecular complexity index is 346. The predicted molar refractivity (Wildman–Crippen MR) is 39.1 cm³/mol. The highest BCUT2D eigenvalue weighted by Crippen LogP contribution is 2.08. The van der Waals surface area contributed by atoms with Gasteiger partial charge in [-0.25, -0.2) is 0 Å². The van der Waals surface area contributed by atoms with Gasteiger partial charge in [-0.2, -0.15) is 4.73 Å². The van der Waals surface area contributed by atoms with E-state index in [1.165, 1.54) is 12.1 Å². The summed E-state index contributed by atoms with van der Waals surface area (Å²) in [7, 11) is 0. The smallest absolute Gasteiger partial charge is 0.289 e. The molecule has 1 heterocycles. The molecule has 11 heavy (non-hydrogen) atoms. The fourth-order valence-electron chi connectivity index (χ4n) is 0.573. The lowest BCUT2D eigenvalue weighted by molar-refractivity contribution is -0.385. The van der Waals surface area contributed by atoms with Gasteiger partial charge in [0.1, 0.15) is 10.8 Å². The molecule has 0 bridgehead atoms. The highest BCUT2D eigenvalue weighted by Gasteiger charge is 2.04. The van der Waals surface area contributed by atoms with Crippen LogP contribution in [0.4, 0.5) is 5.69 Å². The predicted octanol–water partition coefficient (Wildman–Crippen LogP) is 1.36. The largest absolute Gasteiger partial charge is 0.427 e. The molecule has 0 saturated heterocycles. The first-order chi connectivity index (χ1) is 5.11. The third-order valence-corrected chi connectivity index (χ3v) is 1.41. The topological polar surface area (TPSA) is 68.3 Å². The molecule has 1 aromatic heterocycles. The zero-order chi connectivity index (χ0) is 8.43. The van der Waals surface area contributed by atoms with Crippen molar-refractivity contribution in [2.24, 2.45) is 0 Å². The van der Waals surface area contributed by atoms with E-state index in [1.54, 1.807) is 0 Å². The number of rotatable bonds is 1. The summed E-state index contributed by atoms with van der Waals surface area (Å²) in [6, 6.07) is 2.52. The molecule has 0 aliphatic carbocycles. The number of nitro groups is 1. The first kappa shape index (κ1) is 7.67. The third-order valence-electron chi connectivity index (χ3n) is 1.09. The van der Waals surface area contributed by atoms with E-state index in [0.29, 0.717) is 4.73 Å². The van der Waals surface area contributed by atoms with Crippen LogP contribution < -0.4 is 0 Å². The lowest BCUT2D eigenvalue weighted by Crippen LogP contribution is -1.96. The van der Waals surface area contributed by atoms with Crippen LogP contribution in [-0.4, -0.2) is 14.9 Å². The van der Waals surface area contributed by atoms with Crippen LogP contribution in [0.25, 0.3) is 0 Å². The van der Waals surface area contributed by atoms with Crippen LogP contribution in [0.2, 0.25) is 0 Å². The summed E-state index contributed by atoms with van der Waals surface area (Å²) >= 11 is 4.59. The second-order valence-electron chi connectivity index (χ2n) is 1.83. The van der Waals surface area contributed by atoms with E-state index in [0.717, 1.165) is 6.20 Å². The summed E-state index contributed by atoms with van der Waals surface area (Å²) < 4.78 is 0.670. The zero-order valence-corrected chi connectivity index (χ0v) is 6.11. The Kier molecular flexibility index (Phi) is 1.86. The van der Waals surface area contributed by atoms with Crippen molar-refractivity contribution in [1.82, 2.24) is 4.73 Å². The molecule has 0 aliphatic rings. The molecule has 0 amide bonds. The molecule has 0 saturated carbocycles. The molecule has 0 aliphatic heterocycles. The minimum Gasteiger partial charge on any atom is -0.427 e. The van der Waals surface area contributed by atoms with Gasteiger partial charge in [-0.05, 0) is 6.07 Å². The fourth-order valence-corrected chi connectivity index (χ4v) is 0.694. The third kappa shape index (κ3) is 1.53. The lowest BCUT2D eigenvalue weighted by Gasteiger charge is -1.94. The average molecular weight is 172 g/mol. The monoisotopic (exact) mass is 172 g/mol. The minimum absolute atomic E-state index is 0.135. The Morgan fingerprint density at radius 1 is 1.64 bits per heavy atom.